The number of fused-ring (bicyclic) bond motifs is 5. The third kappa shape index (κ3) is 2.86. The second-order valence-electron chi connectivity index (χ2n) is 7.95. The molecule has 2 bridgehead atoms. The number of allylic oxidation sites excluding steroid dienone is 2. The standard InChI is InChI=1S/C23H18ClFN2O3/c24-17-9-7-13(8-10-17)21(28)26(12-16-3-1-2-4-18(16)25)27-22(29)19-14-5-6-15(11-14)20(19)23(27)30/h1-10,14-15,19-20H,11-12H2. The molecule has 152 valence electrons. The Morgan fingerprint density at radius 1 is 1.00 bits per heavy atom. The van der Waals surface area contributed by atoms with E-state index in [1.54, 1.807) is 24.3 Å². The molecule has 1 heterocycles. The largest absolute Gasteiger partial charge is 0.273 e. The fourth-order valence-electron chi connectivity index (χ4n) is 4.89. The minimum atomic E-state index is -0.558. The van der Waals surface area contributed by atoms with Crippen LogP contribution < -0.4 is 0 Å². The van der Waals surface area contributed by atoms with E-state index in [1.165, 1.54) is 24.3 Å². The number of amides is 3. The van der Waals surface area contributed by atoms with E-state index in [0.717, 1.165) is 16.4 Å². The normalized spacial score (nSPS) is 26.4. The van der Waals surface area contributed by atoms with E-state index in [2.05, 4.69) is 0 Å². The summed E-state index contributed by atoms with van der Waals surface area (Å²) in [7, 11) is 0. The van der Waals surface area contributed by atoms with Gasteiger partial charge in [-0.1, -0.05) is 42.0 Å². The summed E-state index contributed by atoms with van der Waals surface area (Å²) < 4.78 is 14.4. The van der Waals surface area contributed by atoms with E-state index in [-0.39, 0.29) is 41.3 Å². The van der Waals surface area contributed by atoms with E-state index >= 15 is 0 Å². The minimum Gasteiger partial charge on any atom is -0.272 e. The Labute approximate surface area is 177 Å². The van der Waals surface area contributed by atoms with Crippen LogP contribution in [-0.4, -0.2) is 27.7 Å². The van der Waals surface area contributed by atoms with Crippen LogP contribution in [0.4, 0.5) is 4.39 Å². The Bertz CT molecular complexity index is 1050. The first-order valence-corrected chi connectivity index (χ1v) is 10.2. The Morgan fingerprint density at radius 2 is 1.60 bits per heavy atom. The lowest BCUT2D eigenvalue weighted by Crippen LogP contribution is -2.50. The molecule has 0 spiro atoms. The lowest BCUT2D eigenvalue weighted by atomic mass is 9.85. The van der Waals surface area contributed by atoms with E-state index < -0.39 is 23.6 Å². The van der Waals surface area contributed by atoms with Crippen molar-refractivity contribution in [3.8, 4) is 0 Å². The van der Waals surface area contributed by atoms with Crippen molar-refractivity contribution in [2.45, 2.75) is 13.0 Å². The van der Waals surface area contributed by atoms with Gasteiger partial charge in [0.25, 0.3) is 17.7 Å². The van der Waals surface area contributed by atoms with Crippen LogP contribution in [0.25, 0.3) is 0 Å². The predicted molar refractivity (Wildman–Crippen MR) is 107 cm³/mol. The molecule has 2 aromatic rings. The number of halogens is 2. The van der Waals surface area contributed by atoms with Gasteiger partial charge in [0.1, 0.15) is 5.82 Å². The zero-order chi connectivity index (χ0) is 21.0. The quantitative estimate of drug-likeness (QED) is 0.553. The van der Waals surface area contributed by atoms with Crippen molar-refractivity contribution in [3.63, 3.8) is 0 Å². The van der Waals surface area contributed by atoms with Crippen molar-refractivity contribution in [1.82, 2.24) is 10.0 Å². The molecule has 7 heteroatoms. The fourth-order valence-corrected chi connectivity index (χ4v) is 5.01. The van der Waals surface area contributed by atoms with Crippen LogP contribution in [0.5, 0.6) is 0 Å². The zero-order valence-electron chi connectivity index (χ0n) is 15.9. The molecule has 1 aliphatic heterocycles. The molecule has 4 unspecified atom stereocenters. The molecule has 0 aromatic heterocycles. The van der Waals surface area contributed by atoms with Gasteiger partial charge in [-0.25, -0.2) is 9.40 Å². The highest BCUT2D eigenvalue weighted by Gasteiger charge is 2.61. The summed E-state index contributed by atoms with van der Waals surface area (Å²) in [6.07, 6.45) is 4.77. The van der Waals surface area contributed by atoms with Crippen LogP contribution in [0.2, 0.25) is 5.02 Å². The number of carbonyl (C=O) groups is 3. The van der Waals surface area contributed by atoms with Crippen molar-refractivity contribution in [1.29, 1.82) is 0 Å². The minimum absolute atomic E-state index is 0.0161. The fraction of sp³-hybridized carbons (Fsp3) is 0.261. The van der Waals surface area contributed by atoms with E-state index in [9.17, 15) is 18.8 Å². The molecule has 1 saturated heterocycles. The second-order valence-corrected chi connectivity index (χ2v) is 8.39. The van der Waals surface area contributed by atoms with Gasteiger partial charge in [0, 0.05) is 16.1 Å². The van der Waals surface area contributed by atoms with Gasteiger partial charge in [0.05, 0.1) is 18.4 Å². The number of hydrazine groups is 1. The second kappa shape index (κ2) is 7.06. The predicted octanol–water partition coefficient (Wildman–Crippen LogP) is 3.84. The molecule has 0 N–H and O–H groups in total. The molecule has 0 radical (unpaired) electrons. The maximum atomic E-state index is 14.4. The summed E-state index contributed by atoms with van der Waals surface area (Å²) >= 11 is 5.92. The molecule has 4 atom stereocenters. The van der Waals surface area contributed by atoms with Crippen molar-refractivity contribution >= 4 is 29.3 Å². The topological polar surface area (TPSA) is 57.7 Å². The lowest BCUT2D eigenvalue weighted by Gasteiger charge is -2.31. The Morgan fingerprint density at radius 3 is 2.20 bits per heavy atom. The molecule has 30 heavy (non-hydrogen) atoms. The third-order valence-corrected chi connectivity index (χ3v) is 6.54. The molecule has 2 aromatic carbocycles. The number of imide groups is 1. The highest BCUT2D eigenvalue weighted by atomic mass is 35.5. The Balaban J connectivity index is 1.53. The summed E-state index contributed by atoms with van der Waals surface area (Å²) in [6.45, 7) is -0.228. The monoisotopic (exact) mass is 424 g/mol. The van der Waals surface area contributed by atoms with Crippen LogP contribution in [0.15, 0.2) is 60.7 Å². The molecule has 1 saturated carbocycles. The van der Waals surface area contributed by atoms with Crippen LogP contribution >= 0.6 is 11.6 Å². The number of carbonyl (C=O) groups excluding carboxylic acids is 3. The SMILES string of the molecule is O=C(c1ccc(Cl)cc1)N(Cc1ccccc1F)N1C(=O)C2C3C=CC(C3)C2C1=O. The molecule has 5 nitrogen and oxygen atoms in total. The lowest BCUT2D eigenvalue weighted by molar-refractivity contribution is -0.156. The van der Waals surface area contributed by atoms with Gasteiger partial charge in [-0.2, -0.15) is 5.01 Å². The van der Waals surface area contributed by atoms with Crippen molar-refractivity contribution < 1.29 is 18.8 Å². The van der Waals surface area contributed by atoms with Crippen molar-refractivity contribution in [3.05, 3.63) is 82.6 Å². The first kappa shape index (κ1) is 19.0. The summed E-state index contributed by atoms with van der Waals surface area (Å²) in [5.74, 6) is -2.71. The van der Waals surface area contributed by atoms with Gasteiger partial charge in [-0.3, -0.25) is 14.4 Å². The number of rotatable bonds is 4. The maximum absolute atomic E-state index is 14.4. The first-order valence-electron chi connectivity index (χ1n) is 9.82. The highest BCUT2D eigenvalue weighted by molar-refractivity contribution is 6.30. The molecule has 3 aliphatic rings. The maximum Gasteiger partial charge on any atom is 0.273 e. The molecule has 3 amide bonds. The van der Waals surface area contributed by atoms with Crippen molar-refractivity contribution in [2.75, 3.05) is 0 Å². The molecular weight excluding hydrogens is 407 g/mol. The zero-order valence-corrected chi connectivity index (χ0v) is 16.6. The molecule has 2 aliphatic carbocycles. The van der Waals surface area contributed by atoms with Crippen LogP contribution in [-0.2, 0) is 16.1 Å². The van der Waals surface area contributed by atoms with Gasteiger partial charge < -0.3 is 0 Å². The summed E-state index contributed by atoms with van der Waals surface area (Å²) in [5.41, 5.74) is 0.480. The highest BCUT2D eigenvalue weighted by Crippen LogP contribution is 2.52. The van der Waals surface area contributed by atoms with Gasteiger partial charge >= 0.3 is 0 Å². The number of nitrogens with zero attached hydrogens (tertiary/aromatic N) is 2. The number of hydrogen-bond donors (Lipinski definition) is 0. The smallest absolute Gasteiger partial charge is 0.272 e. The number of hydrogen-bond acceptors (Lipinski definition) is 3. The van der Waals surface area contributed by atoms with Gasteiger partial charge in [0.15, 0.2) is 0 Å². The van der Waals surface area contributed by atoms with Gasteiger partial charge in [-0.05, 0) is 48.6 Å². The van der Waals surface area contributed by atoms with Gasteiger partial charge in [-0.15, -0.1) is 0 Å². The van der Waals surface area contributed by atoms with Crippen LogP contribution in [0.1, 0.15) is 22.3 Å². The number of benzene rings is 2. The van der Waals surface area contributed by atoms with E-state index in [4.69, 9.17) is 11.6 Å². The Kier molecular flexibility index (Phi) is 4.47. The third-order valence-electron chi connectivity index (χ3n) is 6.29. The summed E-state index contributed by atoms with van der Waals surface area (Å²) in [6, 6.07) is 12.2. The van der Waals surface area contributed by atoms with Crippen molar-refractivity contribution in [2.24, 2.45) is 23.7 Å². The molecule has 5 rings (SSSR count). The average Bonchev–Trinajstić information content (AvgIpc) is 3.42. The summed E-state index contributed by atoms with van der Waals surface area (Å²) in [5, 5.41) is 2.48. The first-order chi connectivity index (χ1) is 14.5. The molecule has 2 fully saturated rings. The molecular formula is C23H18ClFN2O3. The summed E-state index contributed by atoms with van der Waals surface area (Å²) in [4.78, 5) is 39.9. The van der Waals surface area contributed by atoms with Crippen LogP contribution in [0.3, 0.4) is 0 Å². The average molecular weight is 425 g/mol. The van der Waals surface area contributed by atoms with E-state index in [1.807, 2.05) is 12.2 Å². The van der Waals surface area contributed by atoms with Gasteiger partial charge in [0.2, 0.25) is 0 Å². The van der Waals surface area contributed by atoms with Crippen LogP contribution in [0, 0.1) is 29.5 Å². The Hall–Kier alpha value is -2.99. The van der Waals surface area contributed by atoms with E-state index in [0.29, 0.717) is 5.02 Å².